The van der Waals surface area contributed by atoms with Crippen molar-refractivity contribution in [1.29, 1.82) is 0 Å². The first-order valence-corrected chi connectivity index (χ1v) is 12.7. The molecule has 10 heteroatoms. The smallest absolute Gasteiger partial charge is 0.250 e. The normalized spacial score (nSPS) is 11.0. The predicted octanol–water partition coefficient (Wildman–Crippen LogP) is 5.26. The first kappa shape index (κ1) is 25.5. The van der Waals surface area contributed by atoms with Crippen molar-refractivity contribution in [3.05, 3.63) is 82.3 Å². The molecular weight excluding hydrogens is 542 g/mol. The van der Waals surface area contributed by atoms with Crippen LogP contribution in [-0.2, 0) is 4.79 Å². The molecule has 3 aromatic carbocycles. The molecule has 8 nitrogen and oxygen atoms in total. The van der Waals surface area contributed by atoms with Crippen molar-refractivity contribution >= 4 is 39.8 Å². The highest BCUT2D eigenvalue weighted by Gasteiger charge is 2.17. The minimum absolute atomic E-state index is 0.111. The largest absolute Gasteiger partial charge is 0.497 e. The number of aryl methyl sites for hydroxylation is 1. The van der Waals surface area contributed by atoms with Crippen molar-refractivity contribution in [2.24, 2.45) is 5.10 Å². The van der Waals surface area contributed by atoms with Crippen LogP contribution in [-0.4, -0.2) is 46.9 Å². The lowest BCUT2D eigenvalue weighted by Gasteiger charge is -2.11. The van der Waals surface area contributed by atoms with Gasteiger partial charge in [-0.1, -0.05) is 45.4 Å². The van der Waals surface area contributed by atoms with Gasteiger partial charge in [-0.2, -0.15) is 5.10 Å². The summed E-state index contributed by atoms with van der Waals surface area (Å²) in [5.74, 6) is 1.92. The molecule has 0 aliphatic heterocycles. The number of ether oxygens (including phenoxy) is 2. The highest BCUT2D eigenvalue weighted by molar-refractivity contribution is 9.10. The summed E-state index contributed by atoms with van der Waals surface area (Å²) in [4.78, 5) is 12.5. The van der Waals surface area contributed by atoms with Crippen LogP contribution in [0, 0.1) is 6.92 Å². The number of aromatic nitrogens is 3. The molecule has 0 atom stereocenters. The molecule has 0 bridgehead atoms. The number of thioether (sulfide) groups is 1. The molecular formula is C26H24BrN5O3S. The fourth-order valence-corrected chi connectivity index (χ4v) is 4.48. The van der Waals surface area contributed by atoms with E-state index in [9.17, 15) is 4.79 Å². The number of hydrogen-bond donors (Lipinski definition) is 1. The van der Waals surface area contributed by atoms with Crippen molar-refractivity contribution in [2.75, 3.05) is 20.0 Å². The van der Waals surface area contributed by atoms with Crippen molar-refractivity contribution in [3.8, 4) is 28.6 Å². The molecule has 0 aliphatic carbocycles. The van der Waals surface area contributed by atoms with E-state index < -0.39 is 0 Å². The van der Waals surface area contributed by atoms with Crippen LogP contribution in [0.1, 0.15) is 11.1 Å². The Hall–Kier alpha value is -3.63. The van der Waals surface area contributed by atoms with Crippen LogP contribution in [0.15, 0.2) is 81.5 Å². The first-order valence-electron chi connectivity index (χ1n) is 10.9. The topological polar surface area (TPSA) is 90.6 Å². The lowest BCUT2D eigenvalue weighted by atomic mass is 10.2. The van der Waals surface area contributed by atoms with Gasteiger partial charge in [0.25, 0.3) is 5.91 Å². The zero-order chi connectivity index (χ0) is 25.5. The maximum absolute atomic E-state index is 12.5. The Labute approximate surface area is 221 Å². The second-order valence-corrected chi connectivity index (χ2v) is 9.53. The summed E-state index contributed by atoms with van der Waals surface area (Å²) >= 11 is 4.70. The summed E-state index contributed by atoms with van der Waals surface area (Å²) in [5.41, 5.74) is 6.23. The molecule has 36 heavy (non-hydrogen) atoms. The maximum Gasteiger partial charge on any atom is 0.250 e. The van der Waals surface area contributed by atoms with E-state index in [1.165, 1.54) is 11.8 Å². The van der Waals surface area contributed by atoms with Crippen LogP contribution in [0.25, 0.3) is 17.1 Å². The van der Waals surface area contributed by atoms with E-state index in [-0.39, 0.29) is 11.7 Å². The van der Waals surface area contributed by atoms with Gasteiger partial charge >= 0.3 is 0 Å². The van der Waals surface area contributed by atoms with Crippen molar-refractivity contribution in [1.82, 2.24) is 20.2 Å². The van der Waals surface area contributed by atoms with Gasteiger partial charge in [-0.05, 0) is 61.5 Å². The number of methoxy groups -OCH3 is 2. The molecule has 0 aliphatic rings. The summed E-state index contributed by atoms with van der Waals surface area (Å²) in [7, 11) is 3.21. The molecule has 184 valence electrons. The zero-order valence-corrected chi connectivity index (χ0v) is 22.3. The number of amides is 1. The van der Waals surface area contributed by atoms with Gasteiger partial charge in [0.1, 0.15) is 11.5 Å². The van der Waals surface area contributed by atoms with E-state index in [1.807, 2.05) is 78.2 Å². The van der Waals surface area contributed by atoms with Gasteiger partial charge in [0, 0.05) is 21.3 Å². The molecule has 1 heterocycles. The number of carbonyl (C=O) groups excluding carboxylic acids is 1. The van der Waals surface area contributed by atoms with Crippen LogP contribution >= 0.6 is 27.7 Å². The van der Waals surface area contributed by atoms with Gasteiger partial charge < -0.3 is 9.47 Å². The molecule has 4 aromatic rings. The predicted molar refractivity (Wildman–Crippen MR) is 145 cm³/mol. The van der Waals surface area contributed by atoms with Crippen LogP contribution in [0.5, 0.6) is 11.5 Å². The van der Waals surface area contributed by atoms with Crippen molar-refractivity contribution in [3.63, 3.8) is 0 Å². The van der Waals surface area contributed by atoms with Gasteiger partial charge in [-0.25, -0.2) is 5.43 Å². The monoisotopic (exact) mass is 565 g/mol. The molecule has 1 N–H and O–H groups in total. The number of rotatable bonds is 9. The molecule has 0 spiro atoms. The van der Waals surface area contributed by atoms with Crippen LogP contribution < -0.4 is 14.9 Å². The Morgan fingerprint density at radius 2 is 1.81 bits per heavy atom. The Kier molecular flexibility index (Phi) is 8.40. The average Bonchev–Trinajstić information content (AvgIpc) is 3.32. The van der Waals surface area contributed by atoms with Gasteiger partial charge in [0.05, 0.1) is 26.2 Å². The molecule has 1 amide bonds. The number of nitrogens with zero attached hydrogens (tertiary/aromatic N) is 4. The Morgan fingerprint density at radius 3 is 2.50 bits per heavy atom. The third-order valence-electron chi connectivity index (χ3n) is 5.19. The Balaban J connectivity index is 1.51. The lowest BCUT2D eigenvalue weighted by Crippen LogP contribution is -2.20. The minimum atomic E-state index is -0.269. The summed E-state index contributed by atoms with van der Waals surface area (Å²) in [6, 6.07) is 21.2. The van der Waals surface area contributed by atoms with Gasteiger partial charge in [-0.15, -0.1) is 10.2 Å². The van der Waals surface area contributed by atoms with E-state index >= 15 is 0 Å². The average molecular weight is 566 g/mol. The lowest BCUT2D eigenvalue weighted by molar-refractivity contribution is -0.118. The molecule has 0 saturated heterocycles. The fraction of sp³-hybridized carbons (Fsp3) is 0.154. The highest BCUT2D eigenvalue weighted by atomic mass is 79.9. The molecule has 0 radical (unpaired) electrons. The number of hydrazone groups is 1. The van der Waals surface area contributed by atoms with E-state index in [0.29, 0.717) is 16.7 Å². The van der Waals surface area contributed by atoms with E-state index in [0.717, 1.165) is 32.6 Å². The first-order chi connectivity index (χ1) is 17.5. The van der Waals surface area contributed by atoms with E-state index in [2.05, 4.69) is 36.7 Å². The third kappa shape index (κ3) is 6.13. The van der Waals surface area contributed by atoms with Gasteiger partial charge in [0.15, 0.2) is 11.0 Å². The standard InChI is InChI=1S/C26H24BrN5O3S/c1-17-4-9-21(10-5-17)32-25(18-6-11-22(34-2)12-7-18)30-31-26(32)36-16-24(33)29-28-15-19-14-20(27)8-13-23(19)35-3/h4-15H,16H2,1-3H3,(H,29,33)/b28-15-. The Morgan fingerprint density at radius 1 is 1.06 bits per heavy atom. The number of halogens is 1. The van der Waals surface area contributed by atoms with Crippen LogP contribution in [0.4, 0.5) is 0 Å². The van der Waals surface area contributed by atoms with Crippen molar-refractivity contribution < 1.29 is 14.3 Å². The number of benzene rings is 3. The van der Waals surface area contributed by atoms with Gasteiger partial charge in [0.2, 0.25) is 0 Å². The number of hydrogen-bond acceptors (Lipinski definition) is 7. The molecule has 0 saturated carbocycles. The summed E-state index contributed by atoms with van der Waals surface area (Å²) < 4.78 is 13.4. The van der Waals surface area contributed by atoms with Gasteiger partial charge in [-0.3, -0.25) is 9.36 Å². The SMILES string of the molecule is COc1ccc(-c2nnc(SCC(=O)N/N=C\c3cc(Br)ccc3OC)n2-c2ccc(C)cc2)cc1. The zero-order valence-electron chi connectivity index (χ0n) is 19.9. The maximum atomic E-state index is 12.5. The Bertz CT molecular complexity index is 1370. The third-order valence-corrected chi connectivity index (χ3v) is 6.61. The second-order valence-electron chi connectivity index (χ2n) is 7.67. The number of carbonyl (C=O) groups is 1. The molecule has 0 unspecified atom stereocenters. The summed E-state index contributed by atoms with van der Waals surface area (Å²) in [6.07, 6.45) is 1.54. The van der Waals surface area contributed by atoms with E-state index in [1.54, 1.807) is 20.4 Å². The molecule has 1 aromatic heterocycles. The van der Waals surface area contributed by atoms with Crippen LogP contribution in [0.2, 0.25) is 0 Å². The summed E-state index contributed by atoms with van der Waals surface area (Å²) in [5, 5.41) is 13.5. The quantitative estimate of drug-likeness (QED) is 0.169. The molecule has 4 rings (SSSR count). The minimum Gasteiger partial charge on any atom is -0.497 e. The fourth-order valence-electron chi connectivity index (χ4n) is 3.36. The van der Waals surface area contributed by atoms with Crippen LogP contribution in [0.3, 0.4) is 0 Å². The summed E-state index contributed by atoms with van der Waals surface area (Å²) in [6.45, 7) is 2.03. The number of nitrogens with one attached hydrogen (secondary N) is 1. The second kappa shape index (κ2) is 11.9. The van der Waals surface area contributed by atoms with E-state index in [4.69, 9.17) is 9.47 Å². The highest BCUT2D eigenvalue weighted by Crippen LogP contribution is 2.29. The molecule has 0 fully saturated rings. The van der Waals surface area contributed by atoms with Crippen molar-refractivity contribution in [2.45, 2.75) is 12.1 Å².